The molecule has 0 saturated carbocycles. The number of aromatic nitrogens is 2. The molecule has 0 N–H and O–H groups in total. The van der Waals surface area contributed by atoms with Crippen LogP contribution in [0.4, 0.5) is 0 Å². The Bertz CT molecular complexity index is 399. The maximum absolute atomic E-state index is 11.3. The average molecular weight is 249 g/mol. The Labute approximate surface area is 109 Å². The maximum Gasteiger partial charge on any atom is 0.131 e. The topological polar surface area (TPSA) is 38.1 Å². The fourth-order valence-electron chi connectivity index (χ4n) is 2.80. The standard InChI is InChI=1S/C14H23N3O/c1-3-16-11-15-9-14(16)10-17-7-5-4-6-13(17)8-12(2)18/h9,11,13H,3-8,10H2,1-2H3. The Morgan fingerprint density at radius 1 is 1.50 bits per heavy atom. The highest BCUT2D eigenvalue weighted by Gasteiger charge is 2.24. The average Bonchev–Trinajstić information content (AvgIpc) is 2.78. The van der Waals surface area contributed by atoms with Crippen molar-refractivity contribution in [2.45, 2.75) is 58.7 Å². The van der Waals surface area contributed by atoms with Gasteiger partial charge in [-0.2, -0.15) is 0 Å². The van der Waals surface area contributed by atoms with Crippen molar-refractivity contribution in [2.24, 2.45) is 0 Å². The number of hydrogen-bond acceptors (Lipinski definition) is 3. The van der Waals surface area contributed by atoms with Gasteiger partial charge in [-0.05, 0) is 33.2 Å². The molecule has 1 saturated heterocycles. The van der Waals surface area contributed by atoms with Gasteiger partial charge in [-0.3, -0.25) is 9.69 Å². The monoisotopic (exact) mass is 249 g/mol. The number of nitrogens with zero attached hydrogens (tertiary/aromatic N) is 3. The summed E-state index contributed by atoms with van der Waals surface area (Å²) in [4.78, 5) is 18.0. The van der Waals surface area contributed by atoms with Gasteiger partial charge in [-0.1, -0.05) is 6.42 Å². The zero-order chi connectivity index (χ0) is 13.0. The molecule has 0 amide bonds. The van der Waals surface area contributed by atoms with Crippen LogP contribution in [0.2, 0.25) is 0 Å². The van der Waals surface area contributed by atoms with E-state index < -0.39 is 0 Å². The van der Waals surface area contributed by atoms with Gasteiger partial charge in [0.2, 0.25) is 0 Å². The number of carbonyl (C=O) groups is 1. The van der Waals surface area contributed by atoms with Crippen molar-refractivity contribution in [2.75, 3.05) is 6.54 Å². The van der Waals surface area contributed by atoms with E-state index in [1.54, 1.807) is 6.92 Å². The lowest BCUT2D eigenvalue weighted by atomic mass is 9.97. The summed E-state index contributed by atoms with van der Waals surface area (Å²) in [5.74, 6) is 0.302. The molecule has 100 valence electrons. The quantitative estimate of drug-likeness (QED) is 0.803. The Hall–Kier alpha value is -1.16. The maximum atomic E-state index is 11.3. The van der Waals surface area contributed by atoms with Gasteiger partial charge in [0.25, 0.3) is 0 Å². The lowest BCUT2D eigenvalue weighted by Crippen LogP contribution is -2.40. The molecule has 0 aromatic carbocycles. The second-order valence-corrected chi connectivity index (χ2v) is 5.20. The van der Waals surface area contributed by atoms with Crippen LogP contribution in [0, 0.1) is 0 Å². The van der Waals surface area contributed by atoms with E-state index in [-0.39, 0.29) is 0 Å². The molecule has 4 nitrogen and oxygen atoms in total. The van der Waals surface area contributed by atoms with Gasteiger partial charge in [0, 0.05) is 31.7 Å². The second-order valence-electron chi connectivity index (χ2n) is 5.20. The first kappa shape index (κ1) is 13.3. The van der Waals surface area contributed by atoms with Gasteiger partial charge in [0.1, 0.15) is 5.78 Å². The third-order valence-electron chi connectivity index (χ3n) is 3.78. The molecular weight excluding hydrogens is 226 g/mol. The SMILES string of the molecule is CCn1cncc1CN1CCCCC1CC(C)=O. The van der Waals surface area contributed by atoms with E-state index in [2.05, 4.69) is 21.4 Å². The summed E-state index contributed by atoms with van der Waals surface area (Å²) in [6.45, 7) is 6.82. The predicted molar refractivity (Wildman–Crippen MR) is 71.2 cm³/mol. The molecule has 2 heterocycles. The minimum absolute atomic E-state index is 0.302. The van der Waals surface area contributed by atoms with Crippen LogP contribution in [0.5, 0.6) is 0 Å². The first-order valence-corrected chi connectivity index (χ1v) is 6.93. The number of likely N-dealkylation sites (tertiary alicyclic amines) is 1. The van der Waals surface area contributed by atoms with E-state index in [0.717, 1.165) is 26.1 Å². The van der Waals surface area contributed by atoms with Gasteiger partial charge in [0.15, 0.2) is 0 Å². The summed E-state index contributed by atoms with van der Waals surface area (Å²) in [5.41, 5.74) is 1.26. The third kappa shape index (κ3) is 3.19. The van der Waals surface area contributed by atoms with Gasteiger partial charge >= 0.3 is 0 Å². The smallest absolute Gasteiger partial charge is 0.131 e. The van der Waals surface area contributed by atoms with Crippen LogP contribution < -0.4 is 0 Å². The first-order valence-electron chi connectivity index (χ1n) is 6.93. The van der Waals surface area contributed by atoms with Crippen LogP contribution in [0.25, 0.3) is 0 Å². The van der Waals surface area contributed by atoms with Gasteiger partial charge in [-0.15, -0.1) is 0 Å². The molecule has 2 rings (SSSR count). The van der Waals surface area contributed by atoms with Gasteiger partial charge in [0.05, 0.1) is 12.0 Å². The number of aryl methyl sites for hydroxylation is 1. The predicted octanol–water partition coefficient (Wildman–Crippen LogP) is 2.24. The molecule has 1 fully saturated rings. The van der Waals surface area contributed by atoms with Crippen LogP contribution in [0.1, 0.15) is 45.2 Å². The van der Waals surface area contributed by atoms with E-state index in [0.29, 0.717) is 18.2 Å². The van der Waals surface area contributed by atoms with Crippen molar-refractivity contribution in [1.82, 2.24) is 14.5 Å². The van der Waals surface area contributed by atoms with E-state index in [4.69, 9.17) is 0 Å². The molecule has 1 atom stereocenters. The zero-order valence-electron chi connectivity index (χ0n) is 11.4. The minimum atomic E-state index is 0.302. The highest BCUT2D eigenvalue weighted by atomic mass is 16.1. The van der Waals surface area contributed by atoms with Crippen molar-refractivity contribution in [3.63, 3.8) is 0 Å². The van der Waals surface area contributed by atoms with Gasteiger partial charge < -0.3 is 4.57 Å². The summed E-state index contributed by atoms with van der Waals surface area (Å²) in [6, 6.07) is 0.427. The molecule has 4 heteroatoms. The lowest BCUT2D eigenvalue weighted by molar-refractivity contribution is -0.118. The van der Waals surface area contributed by atoms with Crippen LogP contribution in [-0.4, -0.2) is 32.8 Å². The normalized spacial score (nSPS) is 21.1. The minimum Gasteiger partial charge on any atom is -0.334 e. The Kier molecular flexibility index (Phi) is 4.53. The summed E-state index contributed by atoms with van der Waals surface area (Å²) in [6.07, 6.45) is 8.18. The highest BCUT2D eigenvalue weighted by Crippen LogP contribution is 2.22. The molecule has 1 aliphatic heterocycles. The van der Waals surface area contributed by atoms with Crippen LogP contribution in [0.15, 0.2) is 12.5 Å². The lowest BCUT2D eigenvalue weighted by Gasteiger charge is -2.35. The van der Waals surface area contributed by atoms with Crippen LogP contribution in [0.3, 0.4) is 0 Å². The Morgan fingerprint density at radius 2 is 2.33 bits per heavy atom. The molecular formula is C14H23N3O. The van der Waals surface area contributed by atoms with E-state index in [1.165, 1.54) is 18.5 Å². The number of Topliss-reactive ketones (excluding diaryl/α,β-unsaturated/α-hetero) is 1. The fourth-order valence-corrected chi connectivity index (χ4v) is 2.80. The van der Waals surface area contributed by atoms with Crippen molar-refractivity contribution in [3.05, 3.63) is 18.2 Å². The third-order valence-corrected chi connectivity index (χ3v) is 3.78. The number of carbonyl (C=O) groups excluding carboxylic acids is 1. The van der Waals surface area contributed by atoms with Crippen LogP contribution in [-0.2, 0) is 17.9 Å². The summed E-state index contributed by atoms with van der Waals surface area (Å²) in [7, 11) is 0. The molecule has 0 aliphatic carbocycles. The summed E-state index contributed by atoms with van der Waals surface area (Å²) < 4.78 is 2.18. The Morgan fingerprint density at radius 3 is 3.06 bits per heavy atom. The van der Waals surface area contributed by atoms with E-state index in [9.17, 15) is 4.79 Å². The summed E-state index contributed by atoms with van der Waals surface area (Å²) >= 11 is 0. The largest absolute Gasteiger partial charge is 0.334 e. The number of rotatable bonds is 5. The molecule has 18 heavy (non-hydrogen) atoms. The first-order chi connectivity index (χ1) is 8.70. The number of piperidine rings is 1. The Balaban J connectivity index is 2.03. The molecule has 1 aliphatic rings. The van der Waals surface area contributed by atoms with Crippen molar-refractivity contribution >= 4 is 5.78 Å². The second kappa shape index (κ2) is 6.14. The highest BCUT2D eigenvalue weighted by molar-refractivity contribution is 5.76. The summed E-state index contributed by atoms with van der Waals surface area (Å²) in [5, 5.41) is 0. The molecule has 1 aromatic rings. The molecule has 1 unspecified atom stereocenters. The van der Waals surface area contributed by atoms with Gasteiger partial charge in [-0.25, -0.2) is 4.98 Å². The molecule has 0 radical (unpaired) electrons. The van der Waals surface area contributed by atoms with Crippen molar-refractivity contribution in [3.8, 4) is 0 Å². The van der Waals surface area contributed by atoms with Crippen molar-refractivity contribution < 1.29 is 4.79 Å². The molecule has 0 bridgehead atoms. The van der Waals surface area contributed by atoms with Crippen molar-refractivity contribution in [1.29, 1.82) is 0 Å². The number of hydrogen-bond donors (Lipinski definition) is 0. The zero-order valence-corrected chi connectivity index (χ0v) is 11.4. The molecule has 0 spiro atoms. The number of ketones is 1. The van der Waals surface area contributed by atoms with Crippen LogP contribution >= 0.6 is 0 Å². The molecule has 1 aromatic heterocycles. The fraction of sp³-hybridized carbons (Fsp3) is 0.714. The number of imidazole rings is 1. The van der Waals surface area contributed by atoms with E-state index in [1.807, 2.05) is 12.5 Å². The van der Waals surface area contributed by atoms with E-state index >= 15 is 0 Å².